The number of H-pyrrole nitrogens is 1. The number of carbonyl (C=O) groups excluding carboxylic acids is 1. The molecule has 2 aromatic carbocycles. The highest BCUT2D eigenvalue weighted by Crippen LogP contribution is 2.45. The van der Waals surface area contributed by atoms with Crippen molar-refractivity contribution in [3.8, 4) is 11.3 Å². The van der Waals surface area contributed by atoms with Gasteiger partial charge < -0.3 is 10.7 Å². The highest BCUT2D eigenvalue weighted by Gasteiger charge is 2.45. The van der Waals surface area contributed by atoms with E-state index in [0.717, 1.165) is 42.1 Å². The third-order valence-corrected chi connectivity index (χ3v) is 6.18. The molecule has 1 amide bonds. The van der Waals surface area contributed by atoms with Gasteiger partial charge in [-0.3, -0.25) is 4.79 Å². The molecule has 0 aliphatic heterocycles. The first kappa shape index (κ1) is 22.3. The highest BCUT2D eigenvalue weighted by atomic mass is 19.3. The van der Waals surface area contributed by atoms with Gasteiger partial charge in [0.05, 0.1) is 11.2 Å². The van der Waals surface area contributed by atoms with Crippen LogP contribution >= 0.6 is 0 Å². The highest BCUT2D eigenvalue weighted by molar-refractivity contribution is 5.92. The van der Waals surface area contributed by atoms with Crippen molar-refractivity contribution in [2.24, 2.45) is 11.7 Å². The summed E-state index contributed by atoms with van der Waals surface area (Å²) < 4.78 is 65.0. The van der Waals surface area contributed by atoms with Gasteiger partial charge in [0, 0.05) is 30.7 Å². The molecule has 3 N–H and O–H groups in total. The van der Waals surface area contributed by atoms with E-state index in [4.69, 9.17) is 5.73 Å². The average molecular weight is 450 g/mol. The van der Waals surface area contributed by atoms with Crippen LogP contribution in [0.4, 0.5) is 22.0 Å². The Labute approximate surface area is 181 Å². The van der Waals surface area contributed by atoms with Crippen LogP contribution in [0.3, 0.4) is 0 Å². The zero-order chi connectivity index (χ0) is 23.0. The van der Waals surface area contributed by atoms with Crippen LogP contribution in [0, 0.1) is 23.4 Å². The minimum Gasteiger partial charge on any atom is -0.370 e. The SMILES string of the molecule is Fc1ccc(-c2[nH]c3c(F)cc(F)cc3c2C2CCC2)cc1.NC(=O)CC1CC(F)(F)C1. The summed E-state index contributed by atoms with van der Waals surface area (Å²) in [5, 5.41) is 0.599. The first-order valence-electron chi connectivity index (χ1n) is 10.6. The van der Waals surface area contributed by atoms with Crippen molar-refractivity contribution in [1.29, 1.82) is 0 Å². The number of hydrogen-bond donors (Lipinski definition) is 2. The van der Waals surface area contributed by atoms with E-state index in [1.54, 1.807) is 12.1 Å². The summed E-state index contributed by atoms with van der Waals surface area (Å²) in [4.78, 5) is 13.3. The number of alkyl halides is 2. The number of aromatic nitrogens is 1. The van der Waals surface area contributed by atoms with Crippen molar-refractivity contribution in [3.05, 3.63) is 59.4 Å². The standard InChI is InChI=1S/C18H14F3N.C6H9F2NO/c19-12-6-4-11(5-7-12)17-16(10-2-1-3-10)14-8-13(20)9-15(21)18(14)22-17;7-6(8)2-4(3-6)1-5(9)10/h4-10,22H,1-3H2;4H,1-3H2,(H2,9,10). The molecule has 3 nitrogen and oxygen atoms in total. The number of fused-ring (bicyclic) bond motifs is 1. The average Bonchev–Trinajstić information content (AvgIpc) is 2.99. The maximum Gasteiger partial charge on any atom is 0.248 e. The monoisotopic (exact) mass is 450 g/mol. The number of primary amides is 1. The largest absolute Gasteiger partial charge is 0.370 e. The predicted molar refractivity (Wildman–Crippen MR) is 112 cm³/mol. The molecule has 0 radical (unpaired) electrons. The third-order valence-electron chi connectivity index (χ3n) is 6.18. The second kappa shape index (κ2) is 8.56. The zero-order valence-corrected chi connectivity index (χ0v) is 17.2. The smallest absolute Gasteiger partial charge is 0.248 e. The van der Waals surface area contributed by atoms with E-state index in [1.165, 1.54) is 18.2 Å². The Balaban J connectivity index is 0.000000207. The van der Waals surface area contributed by atoms with E-state index in [1.807, 2.05) is 0 Å². The molecular weight excluding hydrogens is 427 g/mol. The van der Waals surface area contributed by atoms with Gasteiger partial charge in [-0.2, -0.15) is 0 Å². The van der Waals surface area contributed by atoms with Gasteiger partial charge >= 0.3 is 0 Å². The number of nitrogens with one attached hydrogen (secondary N) is 1. The summed E-state index contributed by atoms with van der Waals surface area (Å²) in [5.41, 5.74) is 7.64. The quantitative estimate of drug-likeness (QED) is 0.443. The van der Waals surface area contributed by atoms with Crippen LogP contribution in [0.2, 0.25) is 0 Å². The summed E-state index contributed by atoms with van der Waals surface area (Å²) >= 11 is 0. The molecule has 0 unspecified atom stereocenters. The van der Waals surface area contributed by atoms with E-state index in [2.05, 4.69) is 4.98 Å². The Morgan fingerprint density at radius 1 is 1.03 bits per heavy atom. The third kappa shape index (κ3) is 4.64. The number of nitrogens with two attached hydrogens (primary N) is 1. The van der Waals surface area contributed by atoms with Gasteiger partial charge in [0.25, 0.3) is 0 Å². The van der Waals surface area contributed by atoms with Crippen molar-refractivity contribution in [1.82, 2.24) is 4.98 Å². The van der Waals surface area contributed by atoms with Crippen molar-refractivity contribution in [2.75, 3.05) is 0 Å². The van der Waals surface area contributed by atoms with Crippen LogP contribution in [0.5, 0.6) is 0 Å². The number of amides is 1. The number of hydrogen-bond acceptors (Lipinski definition) is 1. The first-order chi connectivity index (χ1) is 15.1. The molecule has 0 atom stereocenters. The lowest BCUT2D eigenvalue weighted by Gasteiger charge is -2.33. The Kier molecular flexibility index (Phi) is 5.97. The van der Waals surface area contributed by atoms with Crippen molar-refractivity contribution in [3.63, 3.8) is 0 Å². The summed E-state index contributed by atoms with van der Waals surface area (Å²) in [6, 6.07) is 8.35. The summed E-state index contributed by atoms with van der Waals surface area (Å²) in [5.74, 6) is -4.37. The Morgan fingerprint density at radius 2 is 1.69 bits per heavy atom. The molecular formula is C24H23F5N2O. The predicted octanol–water partition coefficient (Wildman–Crippen LogP) is 6.43. The molecule has 0 saturated heterocycles. The molecule has 0 bridgehead atoms. The Hall–Kier alpha value is -2.90. The fraction of sp³-hybridized carbons (Fsp3) is 0.375. The number of carbonyl (C=O) groups is 1. The molecule has 5 rings (SSSR count). The van der Waals surface area contributed by atoms with Gasteiger partial charge in [0.15, 0.2) is 0 Å². The Bertz CT molecular complexity index is 1130. The number of aromatic amines is 1. The van der Waals surface area contributed by atoms with E-state index >= 15 is 0 Å². The van der Waals surface area contributed by atoms with Crippen LogP contribution in [0.15, 0.2) is 36.4 Å². The normalized spacial score (nSPS) is 17.9. The minimum atomic E-state index is -2.53. The maximum atomic E-state index is 14.1. The van der Waals surface area contributed by atoms with Crippen molar-refractivity contribution < 1.29 is 26.7 Å². The number of benzene rings is 2. The molecule has 2 saturated carbocycles. The molecule has 170 valence electrons. The minimum absolute atomic E-state index is 0.107. The summed E-state index contributed by atoms with van der Waals surface area (Å²) in [6.45, 7) is 0. The fourth-order valence-electron chi connectivity index (χ4n) is 4.42. The molecule has 2 aliphatic rings. The molecule has 0 spiro atoms. The van der Waals surface area contributed by atoms with E-state index < -0.39 is 23.5 Å². The fourth-order valence-corrected chi connectivity index (χ4v) is 4.42. The Morgan fingerprint density at radius 3 is 2.22 bits per heavy atom. The van der Waals surface area contributed by atoms with Gasteiger partial charge in [0.1, 0.15) is 17.5 Å². The van der Waals surface area contributed by atoms with E-state index in [-0.39, 0.29) is 31.0 Å². The summed E-state index contributed by atoms with van der Waals surface area (Å²) in [6.07, 6.45) is 2.91. The number of halogens is 5. The lowest BCUT2D eigenvalue weighted by atomic mass is 9.78. The van der Waals surface area contributed by atoms with Gasteiger partial charge in [-0.15, -0.1) is 0 Å². The number of rotatable bonds is 4. The van der Waals surface area contributed by atoms with Crippen LogP contribution in [0.1, 0.15) is 50.0 Å². The molecule has 8 heteroatoms. The zero-order valence-electron chi connectivity index (χ0n) is 17.2. The van der Waals surface area contributed by atoms with Crippen LogP contribution in [0.25, 0.3) is 22.2 Å². The molecule has 3 aromatic rings. The topological polar surface area (TPSA) is 58.9 Å². The second-order valence-corrected chi connectivity index (χ2v) is 8.66. The van der Waals surface area contributed by atoms with Gasteiger partial charge in [-0.05, 0) is 66.1 Å². The van der Waals surface area contributed by atoms with Gasteiger partial charge in [-0.1, -0.05) is 6.42 Å². The van der Waals surface area contributed by atoms with E-state index in [0.29, 0.717) is 16.8 Å². The van der Waals surface area contributed by atoms with Crippen LogP contribution in [-0.2, 0) is 4.79 Å². The van der Waals surface area contributed by atoms with Gasteiger partial charge in [0.2, 0.25) is 11.8 Å². The van der Waals surface area contributed by atoms with Crippen LogP contribution < -0.4 is 5.73 Å². The molecule has 1 aromatic heterocycles. The summed E-state index contributed by atoms with van der Waals surface area (Å²) in [7, 11) is 0. The molecule has 1 heterocycles. The molecule has 32 heavy (non-hydrogen) atoms. The van der Waals surface area contributed by atoms with Crippen LogP contribution in [-0.4, -0.2) is 16.8 Å². The van der Waals surface area contributed by atoms with E-state index in [9.17, 15) is 26.7 Å². The second-order valence-electron chi connectivity index (χ2n) is 8.66. The van der Waals surface area contributed by atoms with Gasteiger partial charge in [-0.25, -0.2) is 22.0 Å². The lowest BCUT2D eigenvalue weighted by Crippen LogP contribution is -2.37. The molecule has 2 aliphatic carbocycles. The van der Waals surface area contributed by atoms with Crippen molar-refractivity contribution in [2.45, 2.75) is 50.4 Å². The maximum absolute atomic E-state index is 14.1. The lowest BCUT2D eigenvalue weighted by molar-refractivity contribution is -0.131. The molecule has 2 fully saturated rings. The van der Waals surface area contributed by atoms with Crippen molar-refractivity contribution >= 4 is 16.8 Å². The first-order valence-corrected chi connectivity index (χ1v) is 10.6.